The summed E-state index contributed by atoms with van der Waals surface area (Å²) in [6.45, 7) is 3.28. The number of H-pyrrole nitrogens is 1. The third-order valence-electron chi connectivity index (χ3n) is 3.33. The van der Waals surface area contributed by atoms with Crippen molar-refractivity contribution in [1.82, 2.24) is 10.3 Å². The normalized spacial score (nSPS) is 11.5. The highest BCUT2D eigenvalue weighted by Crippen LogP contribution is 2.18. The number of hydrogen-bond acceptors (Lipinski definition) is 2. The monoisotopic (exact) mass is 274 g/mol. The summed E-state index contributed by atoms with van der Waals surface area (Å²) >= 11 is 0. The number of aromatic amines is 1. The summed E-state index contributed by atoms with van der Waals surface area (Å²) in [5.41, 5.74) is 0.933. The molecule has 2 aromatic rings. The van der Waals surface area contributed by atoms with Crippen molar-refractivity contribution in [3.63, 3.8) is 0 Å². The van der Waals surface area contributed by atoms with Crippen LogP contribution in [0.2, 0.25) is 0 Å². The van der Waals surface area contributed by atoms with E-state index >= 15 is 0 Å². The first-order chi connectivity index (χ1) is 9.40. The fourth-order valence-corrected chi connectivity index (χ4v) is 1.91. The maximum absolute atomic E-state index is 11.9. The van der Waals surface area contributed by atoms with Gasteiger partial charge in [0.2, 0.25) is 5.91 Å². The Morgan fingerprint density at radius 2 is 2.00 bits per heavy atom. The van der Waals surface area contributed by atoms with E-state index in [2.05, 4.69) is 10.3 Å². The Morgan fingerprint density at radius 3 is 2.70 bits per heavy atom. The van der Waals surface area contributed by atoms with Crippen LogP contribution in [0.5, 0.6) is 0 Å². The Balaban J connectivity index is 2.00. The molecule has 0 fully saturated rings. The Hall–Kier alpha value is -2.30. The molecule has 0 saturated heterocycles. The first-order valence-corrected chi connectivity index (χ1v) is 6.45. The van der Waals surface area contributed by atoms with Crippen molar-refractivity contribution in [2.24, 2.45) is 5.41 Å². The van der Waals surface area contributed by atoms with Gasteiger partial charge in [0, 0.05) is 23.6 Å². The number of carboxylic acids is 1. The molecule has 3 N–H and O–H groups in total. The number of amides is 1. The number of aliphatic carboxylic acids is 1. The molecule has 106 valence electrons. The Bertz CT molecular complexity index is 643. The third-order valence-corrected chi connectivity index (χ3v) is 3.33. The summed E-state index contributed by atoms with van der Waals surface area (Å²) in [6.07, 6.45) is 2.05. The molecule has 1 heterocycles. The van der Waals surface area contributed by atoms with E-state index in [4.69, 9.17) is 5.11 Å². The highest BCUT2D eigenvalue weighted by molar-refractivity contribution is 5.89. The van der Waals surface area contributed by atoms with E-state index in [1.54, 1.807) is 13.8 Å². The van der Waals surface area contributed by atoms with E-state index in [9.17, 15) is 9.59 Å². The van der Waals surface area contributed by atoms with E-state index in [0.717, 1.165) is 16.5 Å². The van der Waals surface area contributed by atoms with Gasteiger partial charge < -0.3 is 15.4 Å². The van der Waals surface area contributed by atoms with Crippen LogP contribution in [0.15, 0.2) is 30.5 Å². The number of carbonyl (C=O) groups is 2. The molecule has 0 aliphatic carbocycles. The fourth-order valence-electron chi connectivity index (χ4n) is 1.91. The summed E-state index contributed by atoms with van der Waals surface area (Å²) in [7, 11) is 0. The lowest BCUT2D eigenvalue weighted by atomic mass is 9.94. The predicted octanol–water partition coefficient (Wildman–Crippen LogP) is 1.94. The second-order valence-corrected chi connectivity index (χ2v) is 5.50. The summed E-state index contributed by atoms with van der Waals surface area (Å²) < 4.78 is 0. The number of carbonyl (C=O) groups excluding carboxylic acids is 1. The topological polar surface area (TPSA) is 82.2 Å². The molecule has 1 amide bonds. The quantitative estimate of drug-likeness (QED) is 0.779. The zero-order valence-electron chi connectivity index (χ0n) is 11.6. The molecule has 20 heavy (non-hydrogen) atoms. The minimum absolute atomic E-state index is 0.115. The molecule has 0 aliphatic heterocycles. The number of nitrogens with one attached hydrogen (secondary N) is 2. The number of benzene rings is 1. The summed E-state index contributed by atoms with van der Waals surface area (Å²) in [4.78, 5) is 26.0. The standard InChI is InChI=1S/C15H18N2O3/c1-15(2,14(19)20)9-17-13(18)7-10-8-16-12-6-4-3-5-11(10)12/h3-6,8,16H,7,9H2,1-2H3,(H,17,18)(H,19,20). The van der Waals surface area contributed by atoms with Crippen LogP contribution in [0.3, 0.4) is 0 Å². The predicted molar refractivity (Wildman–Crippen MR) is 76.4 cm³/mol. The first kappa shape index (κ1) is 14.1. The molecule has 1 aromatic heterocycles. The smallest absolute Gasteiger partial charge is 0.310 e. The molecular formula is C15H18N2O3. The average molecular weight is 274 g/mol. The number of rotatable bonds is 5. The second kappa shape index (κ2) is 5.36. The highest BCUT2D eigenvalue weighted by atomic mass is 16.4. The van der Waals surface area contributed by atoms with Crippen LogP contribution >= 0.6 is 0 Å². The molecule has 0 aliphatic rings. The van der Waals surface area contributed by atoms with E-state index in [1.807, 2.05) is 30.5 Å². The van der Waals surface area contributed by atoms with E-state index < -0.39 is 11.4 Å². The molecule has 5 nitrogen and oxygen atoms in total. The van der Waals surface area contributed by atoms with Crippen molar-refractivity contribution in [1.29, 1.82) is 0 Å². The van der Waals surface area contributed by atoms with E-state index in [1.165, 1.54) is 0 Å². The number of aromatic nitrogens is 1. The van der Waals surface area contributed by atoms with Crippen molar-refractivity contribution in [3.8, 4) is 0 Å². The second-order valence-electron chi connectivity index (χ2n) is 5.50. The minimum atomic E-state index is -0.962. The Labute approximate surface area is 117 Å². The maximum atomic E-state index is 11.9. The molecular weight excluding hydrogens is 256 g/mol. The van der Waals surface area contributed by atoms with Gasteiger partial charge in [-0.2, -0.15) is 0 Å². The van der Waals surface area contributed by atoms with Crippen molar-refractivity contribution in [3.05, 3.63) is 36.0 Å². The van der Waals surface area contributed by atoms with Crippen LogP contribution in [-0.4, -0.2) is 28.5 Å². The summed E-state index contributed by atoms with van der Waals surface area (Å²) in [5, 5.41) is 12.7. The van der Waals surface area contributed by atoms with E-state index in [0.29, 0.717) is 0 Å². The Morgan fingerprint density at radius 1 is 1.30 bits per heavy atom. The maximum Gasteiger partial charge on any atom is 0.310 e. The number of carboxylic acid groups (broad SMARTS) is 1. The van der Waals surface area contributed by atoms with E-state index in [-0.39, 0.29) is 18.9 Å². The first-order valence-electron chi connectivity index (χ1n) is 6.45. The van der Waals surface area contributed by atoms with Crippen molar-refractivity contribution in [2.75, 3.05) is 6.54 Å². The van der Waals surface area contributed by atoms with Crippen molar-refractivity contribution >= 4 is 22.8 Å². The van der Waals surface area contributed by atoms with Crippen LogP contribution in [0, 0.1) is 5.41 Å². The number of hydrogen-bond donors (Lipinski definition) is 3. The van der Waals surface area contributed by atoms with Crippen LogP contribution in [0.25, 0.3) is 10.9 Å². The summed E-state index contributed by atoms with van der Waals surface area (Å²) in [5.74, 6) is -1.10. The van der Waals surface area contributed by atoms with Gasteiger partial charge in [0.25, 0.3) is 0 Å². The van der Waals surface area contributed by atoms with Gasteiger partial charge in [-0.3, -0.25) is 9.59 Å². The van der Waals surface area contributed by atoms with Gasteiger partial charge in [-0.05, 0) is 25.5 Å². The molecule has 2 rings (SSSR count). The van der Waals surface area contributed by atoms with Gasteiger partial charge in [-0.1, -0.05) is 18.2 Å². The molecule has 0 spiro atoms. The van der Waals surface area contributed by atoms with Gasteiger partial charge >= 0.3 is 5.97 Å². The molecule has 0 radical (unpaired) electrons. The van der Waals surface area contributed by atoms with Crippen LogP contribution in [-0.2, 0) is 16.0 Å². The zero-order chi connectivity index (χ0) is 14.8. The molecule has 0 unspecified atom stereocenters. The molecule has 5 heteroatoms. The lowest BCUT2D eigenvalue weighted by Crippen LogP contribution is -2.39. The third kappa shape index (κ3) is 2.99. The fraction of sp³-hybridized carbons (Fsp3) is 0.333. The lowest BCUT2D eigenvalue weighted by Gasteiger charge is -2.19. The van der Waals surface area contributed by atoms with Crippen LogP contribution < -0.4 is 5.32 Å². The number of para-hydroxylation sites is 1. The molecule has 0 bridgehead atoms. The molecule has 0 saturated carbocycles. The van der Waals surface area contributed by atoms with Crippen molar-refractivity contribution < 1.29 is 14.7 Å². The van der Waals surface area contributed by atoms with Gasteiger partial charge in [0.15, 0.2) is 0 Å². The average Bonchev–Trinajstić information content (AvgIpc) is 2.80. The van der Waals surface area contributed by atoms with Crippen molar-refractivity contribution in [2.45, 2.75) is 20.3 Å². The largest absolute Gasteiger partial charge is 0.481 e. The SMILES string of the molecule is CC(C)(CNC(=O)Cc1c[nH]c2ccccc12)C(=O)O. The highest BCUT2D eigenvalue weighted by Gasteiger charge is 2.27. The van der Waals surface area contributed by atoms with Gasteiger partial charge in [-0.25, -0.2) is 0 Å². The Kier molecular flexibility index (Phi) is 3.79. The molecule has 1 aromatic carbocycles. The summed E-state index contributed by atoms with van der Waals surface area (Å²) in [6, 6.07) is 7.75. The number of fused-ring (bicyclic) bond motifs is 1. The van der Waals surface area contributed by atoms with Gasteiger partial charge in [-0.15, -0.1) is 0 Å². The van der Waals surface area contributed by atoms with Crippen LogP contribution in [0.1, 0.15) is 19.4 Å². The molecule has 0 atom stereocenters. The van der Waals surface area contributed by atoms with Gasteiger partial charge in [0.1, 0.15) is 0 Å². The minimum Gasteiger partial charge on any atom is -0.481 e. The zero-order valence-corrected chi connectivity index (χ0v) is 11.6. The lowest BCUT2D eigenvalue weighted by molar-refractivity contribution is -0.146. The van der Waals surface area contributed by atoms with Crippen LogP contribution in [0.4, 0.5) is 0 Å². The van der Waals surface area contributed by atoms with Gasteiger partial charge in [0.05, 0.1) is 11.8 Å².